The van der Waals surface area contributed by atoms with Crippen LogP contribution in [0.5, 0.6) is 0 Å². The molecule has 3 rings (SSSR count). The first-order valence-corrected chi connectivity index (χ1v) is 8.06. The summed E-state index contributed by atoms with van der Waals surface area (Å²) in [4.78, 5) is 31.9. The second-order valence-corrected chi connectivity index (χ2v) is 5.59. The van der Waals surface area contributed by atoms with Gasteiger partial charge in [-0.15, -0.1) is 0 Å². The van der Waals surface area contributed by atoms with Crippen molar-refractivity contribution in [1.82, 2.24) is 9.97 Å². The number of carbonyl (C=O) groups excluding carboxylic acids is 2. The van der Waals surface area contributed by atoms with E-state index in [9.17, 15) is 9.59 Å². The highest BCUT2D eigenvalue weighted by Crippen LogP contribution is 2.19. The molecule has 1 amide bonds. The molecule has 1 unspecified atom stereocenters. The molecular weight excluding hydrogens is 330 g/mol. The SMILES string of the molecule is CC(OC(=O)/C=C/c1cnccn1)C(=O)Nc1ccc2ccccc2c1. The normalized spacial score (nSPS) is 12.0. The Morgan fingerprint density at radius 1 is 1.12 bits per heavy atom. The second-order valence-electron chi connectivity index (χ2n) is 5.59. The van der Waals surface area contributed by atoms with E-state index in [2.05, 4.69) is 15.3 Å². The Hall–Kier alpha value is -3.54. The van der Waals surface area contributed by atoms with Crippen molar-refractivity contribution >= 4 is 34.4 Å². The largest absolute Gasteiger partial charge is 0.449 e. The van der Waals surface area contributed by atoms with E-state index in [0.29, 0.717) is 11.4 Å². The Morgan fingerprint density at radius 3 is 2.69 bits per heavy atom. The van der Waals surface area contributed by atoms with Gasteiger partial charge in [0, 0.05) is 24.2 Å². The van der Waals surface area contributed by atoms with Crippen LogP contribution in [0.25, 0.3) is 16.8 Å². The number of nitrogens with one attached hydrogen (secondary N) is 1. The fourth-order valence-electron chi connectivity index (χ4n) is 2.33. The summed E-state index contributed by atoms with van der Waals surface area (Å²) in [6, 6.07) is 13.4. The molecule has 26 heavy (non-hydrogen) atoms. The maximum atomic E-state index is 12.2. The van der Waals surface area contributed by atoms with Gasteiger partial charge in [0.2, 0.25) is 0 Å². The predicted octanol–water partition coefficient (Wildman–Crippen LogP) is 3.21. The minimum Gasteiger partial charge on any atom is -0.449 e. The van der Waals surface area contributed by atoms with E-state index in [-0.39, 0.29) is 0 Å². The average Bonchev–Trinajstić information content (AvgIpc) is 2.67. The number of aromatic nitrogens is 2. The zero-order chi connectivity index (χ0) is 18.4. The molecule has 3 aromatic rings. The molecule has 1 heterocycles. The highest BCUT2D eigenvalue weighted by molar-refractivity contribution is 5.98. The molecule has 0 saturated carbocycles. The van der Waals surface area contributed by atoms with Gasteiger partial charge in [-0.1, -0.05) is 30.3 Å². The van der Waals surface area contributed by atoms with Gasteiger partial charge in [-0.05, 0) is 35.9 Å². The first-order valence-electron chi connectivity index (χ1n) is 8.06. The monoisotopic (exact) mass is 347 g/mol. The van der Waals surface area contributed by atoms with Crippen molar-refractivity contribution in [1.29, 1.82) is 0 Å². The third-order valence-electron chi connectivity index (χ3n) is 3.65. The molecule has 0 saturated heterocycles. The Labute approximate surface area is 150 Å². The van der Waals surface area contributed by atoms with E-state index in [4.69, 9.17) is 4.74 Å². The van der Waals surface area contributed by atoms with Gasteiger partial charge in [-0.3, -0.25) is 14.8 Å². The summed E-state index contributed by atoms with van der Waals surface area (Å²) in [5.41, 5.74) is 1.17. The van der Waals surface area contributed by atoms with E-state index < -0.39 is 18.0 Å². The number of esters is 1. The van der Waals surface area contributed by atoms with Crippen LogP contribution in [0.4, 0.5) is 5.69 Å². The van der Waals surface area contributed by atoms with Crippen molar-refractivity contribution in [3.63, 3.8) is 0 Å². The van der Waals surface area contributed by atoms with E-state index in [1.54, 1.807) is 0 Å². The molecule has 0 bridgehead atoms. The van der Waals surface area contributed by atoms with Gasteiger partial charge in [-0.2, -0.15) is 0 Å². The van der Waals surface area contributed by atoms with Gasteiger partial charge >= 0.3 is 5.97 Å². The molecule has 130 valence electrons. The molecule has 6 nitrogen and oxygen atoms in total. The molecule has 0 radical (unpaired) electrons. The number of amides is 1. The highest BCUT2D eigenvalue weighted by Gasteiger charge is 2.16. The number of hydrogen-bond donors (Lipinski definition) is 1. The quantitative estimate of drug-likeness (QED) is 0.566. The summed E-state index contributed by atoms with van der Waals surface area (Å²) in [5, 5.41) is 4.85. The van der Waals surface area contributed by atoms with E-state index >= 15 is 0 Å². The topological polar surface area (TPSA) is 81.2 Å². The fraction of sp³-hybridized carbons (Fsp3) is 0.100. The van der Waals surface area contributed by atoms with Gasteiger partial charge < -0.3 is 10.1 Å². The van der Waals surface area contributed by atoms with Crippen molar-refractivity contribution in [2.75, 3.05) is 5.32 Å². The Balaban J connectivity index is 1.58. The Kier molecular flexibility index (Phi) is 5.34. The maximum absolute atomic E-state index is 12.2. The molecule has 1 atom stereocenters. The molecule has 0 aliphatic carbocycles. The van der Waals surface area contributed by atoms with Crippen LogP contribution in [0, 0.1) is 0 Å². The van der Waals surface area contributed by atoms with Gasteiger partial charge in [0.1, 0.15) is 0 Å². The number of anilines is 1. The summed E-state index contributed by atoms with van der Waals surface area (Å²) in [5.74, 6) is -1.03. The molecular formula is C20H17N3O3. The molecule has 0 fully saturated rings. The first-order chi connectivity index (χ1) is 12.6. The lowest BCUT2D eigenvalue weighted by atomic mass is 10.1. The van der Waals surface area contributed by atoms with Gasteiger partial charge in [-0.25, -0.2) is 4.79 Å². The Bertz CT molecular complexity index is 955. The fourth-order valence-corrected chi connectivity index (χ4v) is 2.33. The lowest BCUT2D eigenvalue weighted by Crippen LogP contribution is -2.29. The number of fused-ring (bicyclic) bond motifs is 1. The van der Waals surface area contributed by atoms with Crippen molar-refractivity contribution in [3.05, 3.63) is 72.8 Å². The van der Waals surface area contributed by atoms with Crippen LogP contribution in [0.2, 0.25) is 0 Å². The second kappa shape index (κ2) is 8.02. The van der Waals surface area contributed by atoms with Crippen LogP contribution in [-0.2, 0) is 14.3 Å². The van der Waals surface area contributed by atoms with Crippen molar-refractivity contribution in [2.24, 2.45) is 0 Å². The van der Waals surface area contributed by atoms with Gasteiger partial charge in [0.15, 0.2) is 6.10 Å². The number of hydrogen-bond acceptors (Lipinski definition) is 5. The van der Waals surface area contributed by atoms with Crippen LogP contribution in [0.3, 0.4) is 0 Å². The van der Waals surface area contributed by atoms with Crippen LogP contribution in [-0.4, -0.2) is 27.9 Å². The van der Waals surface area contributed by atoms with Crippen LogP contribution in [0.15, 0.2) is 67.1 Å². The summed E-state index contributed by atoms with van der Waals surface area (Å²) in [6.45, 7) is 1.52. The number of benzene rings is 2. The van der Waals surface area contributed by atoms with Gasteiger partial charge in [0.05, 0.1) is 11.9 Å². The molecule has 1 aromatic heterocycles. The third kappa shape index (κ3) is 4.51. The van der Waals surface area contributed by atoms with Crippen molar-refractivity contribution < 1.29 is 14.3 Å². The maximum Gasteiger partial charge on any atom is 0.331 e. The minimum absolute atomic E-state index is 0.401. The molecule has 0 aliphatic rings. The predicted molar refractivity (Wildman–Crippen MR) is 99.2 cm³/mol. The smallest absolute Gasteiger partial charge is 0.331 e. The molecule has 0 spiro atoms. The zero-order valence-corrected chi connectivity index (χ0v) is 14.1. The van der Waals surface area contributed by atoms with Crippen LogP contribution in [0.1, 0.15) is 12.6 Å². The molecule has 0 aliphatic heterocycles. The summed E-state index contributed by atoms with van der Waals surface area (Å²) >= 11 is 0. The van der Waals surface area contributed by atoms with Crippen LogP contribution < -0.4 is 5.32 Å². The minimum atomic E-state index is -0.930. The highest BCUT2D eigenvalue weighted by atomic mass is 16.5. The summed E-state index contributed by atoms with van der Waals surface area (Å²) in [7, 11) is 0. The van der Waals surface area contributed by atoms with E-state index in [0.717, 1.165) is 10.8 Å². The number of nitrogens with zero attached hydrogens (tertiary/aromatic N) is 2. The Morgan fingerprint density at radius 2 is 1.92 bits per heavy atom. The van der Waals surface area contributed by atoms with Crippen molar-refractivity contribution in [3.8, 4) is 0 Å². The summed E-state index contributed by atoms with van der Waals surface area (Å²) < 4.78 is 5.11. The molecule has 2 aromatic carbocycles. The van der Waals surface area contributed by atoms with Gasteiger partial charge in [0.25, 0.3) is 5.91 Å². The number of rotatable bonds is 5. The average molecular weight is 347 g/mol. The lowest BCUT2D eigenvalue weighted by Gasteiger charge is -2.12. The molecule has 1 N–H and O–H groups in total. The van der Waals surface area contributed by atoms with Crippen LogP contribution >= 0.6 is 0 Å². The first kappa shape index (κ1) is 17.3. The van der Waals surface area contributed by atoms with E-state index in [1.165, 1.54) is 37.7 Å². The zero-order valence-electron chi connectivity index (χ0n) is 14.1. The lowest BCUT2D eigenvalue weighted by molar-refractivity contribution is -0.148. The number of ether oxygens (including phenoxy) is 1. The summed E-state index contributed by atoms with van der Waals surface area (Å²) in [6.07, 6.45) is 6.33. The standard InChI is InChI=1S/C20H17N3O3/c1-14(26-19(24)9-8-18-13-21-10-11-22-18)20(25)23-17-7-6-15-4-2-3-5-16(15)12-17/h2-14H,1H3,(H,23,25)/b9-8+. The number of carbonyl (C=O) groups is 2. The van der Waals surface area contributed by atoms with E-state index in [1.807, 2.05) is 42.5 Å². The van der Waals surface area contributed by atoms with Crippen molar-refractivity contribution in [2.45, 2.75) is 13.0 Å². The molecule has 6 heteroatoms. The third-order valence-corrected chi connectivity index (χ3v) is 3.65.